The van der Waals surface area contributed by atoms with E-state index in [2.05, 4.69) is 4.72 Å². The maximum absolute atomic E-state index is 14.7. The van der Waals surface area contributed by atoms with Crippen LogP contribution in [0.4, 0.5) is 0 Å². The summed E-state index contributed by atoms with van der Waals surface area (Å²) >= 11 is 12.7. The number of hydrogen-bond donors (Lipinski definition) is 2. The van der Waals surface area contributed by atoms with Gasteiger partial charge in [-0.2, -0.15) is 0 Å². The molecule has 2 aliphatic carbocycles. The maximum Gasteiger partial charge on any atom is 0.304 e. The molecule has 1 saturated heterocycles. The van der Waals surface area contributed by atoms with Gasteiger partial charge in [-0.05, 0) is 79.8 Å². The first-order chi connectivity index (χ1) is 19.5. The van der Waals surface area contributed by atoms with Crippen molar-refractivity contribution in [3.63, 3.8) is 0 Å². The molecule has 2 aromatic carbocycles. The number of aliphatic carboxylic acids is 1. The van der Waals surface area contributed by atoms with Crippen LogP contribution in [-0.2, 0) is 19.6 Å². The van der Waals surface area contributed by atoms with Crippen molar-refractivity contribution in [2.24, 2.45) is 11.3 Å². The minimum absolute atomic E-state index is 0.106. The molecule has 1 heterocycles. The molecule has 2 aromatic rings. The van der Waals surface area contributed by atoms with Gasteiger partial charge in [-0.3, -0.25) is 9.59 Å². The highest BCUT2D eigenvalue weighted by Gasteiger charge is 2.55. The van der Waals surface area contributed by atoms with Crippen molar-refractivity contribution in [2.45, 2.75) is 88.0 Å². The topological polar surface area (TPSA) is 104 Å². The first-order valence-corrected chi connectivity index (χ1v) is 16.9. The van der Waals surface area contributed by atoms with Gasteiger partial charge in [-0.25, -0.2) is 13.1 Å². The zero-order chi connectivity index (χ0) is 29.4. The van der Waals surface area contributed by atoms with E-state index in [0.717, 1.165) is 36.8 Å². The Hall–Kier alpha value is -2.13. The summed E-state index contributed by atoms with van der Waals surface area (Å²) in [5.74, 6) is -1.39. The van der Waals surface area contributed by atoms with Gasteiger partial charge >= 0.3 is 5.97 Å². The molecule has 222 valence electrons. The molecule has 0 aromatic heterocycles. The van der Waals surface area contributed by atoms with Crippen molar-refractivity contribution in [1.82, 2.24) is 9.62 Å². The number of hydrogen-bond acceptors (Lipinski definition) is 4. The van der Waals surface area contributed by atoms with Crippen LogP contribution >= 0.6 is 23.2 Å². The van der Waals surface area contributed by atoms with Gasteiger partial charge in [-0.15, -0.1) is 0 Å². The third-order valence-electron chi connectivity index (χ3n) is 9.39. The summed E-state index contributed by atoms with van der Waals surface area (Å²) < 4.78 is 29.4. The molecule has 3 aliphatic rings. The second kappa shape index (κ2) is 12.2. The van der Waals surface area contributed by atoms with Gasteiger partial charge in [0, 0.05) is 28.5 Å². The number of carboxylic acids is 1. The second-order valence-electron chi connectivity index (χ2n) is 12.0. The van der Waals surface area contributed by atoms with Crippen LogP contribution < -0.4 is 4.72 Å². The van der Waals surface area contributed by atoms with Gasteiger partial charge in [0.2, 0.25) is 15.9 Å². The van der Waals surface area contributed by atoms with Crippen LogP contribution in [0.25, 0.3) is 0 Å². The van der Waals surface area contributed by atoms with E-state index in [1.54, 1.807) is 18.2 Å². The summed E-state index contributed by atoms with van der Waals surface area (Å²) in [6.07, 6.45) is 5.25. The highest BCUT2D eigenvalue weighted by atomic mass is 35.5. The van der Waals surface area contributed by atoms with Crippen LogP contribution in [-0.4, -0.2) is 48.1 Å². The van der Waals surface area contributed by atoms with Crippen LogP contribution in [0.3, 0.4) is 0 Å². The average Bonchev–Trinajstić information content (AvgIpc) is 3.61. The maximum atomic E-state index is 14.7. The van der Waals surface area contributed by atoms with Crippen LogP contribution in [0.1, 0.15) is 87.8 Å². The first-order valence-electron chi connectivity index (χ1n) is 14.6. The fourth-order valence-corrected chi connectivity index (χ4v) is 8.93. The van der Waals surface area contributed by atoms with Gasteiger partial charge in [0.15, 0.2) is 0 Å². The summed E-state index contributed by atoms with van der Waals surface area (Å²) in [7, 11) is -3.55. The minimum Gasteiger partial charge on any atom is -0.481 e. The number of nitrogens with zero attached hydrogens (tertiary/aromatic N) is 1. The Morgan fingerprint density at radius 3 is 2.32 bits per heavy atom. The third kappa shape index (κ3) is 6.46. The van der Waals surface area contributed by atoms with Crippen LogP contribution in [0, 0.1) is 11.3 Å². The summed E-state index contributed by atoms with van der Waals surface area (Å²) in [6.45, 7) is 1.97. The van der Waals surface area contributed by atoms with E-state index in [0.29, 0.717) is 35.7 Å². The quantitative estimate of drug-likeness (QED) is 0.296. The Bertz CT molecular complexity index is 1380. The van der Waals surface area contributed by atoms with E-state index in [-0.39, 0.29) is 30.7 Å². The first kappa shape index (κ1) is 30.3. The Morgan fingerprint density at radius 1 is 1.05 bits per heavy atom. The predicted molar refractivity (Wildman–Crippen MR) is 161 cm³/mol. The molecule has 4 atom stereocenters. The van der Waals surface area contributed by atoms with Crippen LogP contribution in [0.5, 0.6) is 0 Å². The molecule has 2 unspecified atom stereocenters. The van der Waals surface area contributed by atoms with Crippen molar-refractivity contribution in [3.8, 4) is 0 Å². The predicted octanol–water partition coefficient (Wildman–Crippen LogP) is 6.56. The molecule has 10 heteroatoms. The van der Waals surface area contributed by atoms with Gasteiger partial charge in [0.05, 0.1) is 23.1 Å². The van der Waals surface area contributed by atoms with Gasteiger partial charge in [0.25, 0.3) is 0 Å². The number of carbonyl (C=O) groups excluding carboxylic acids is 1. The Labute approximate surface area is 252 Å². The van der Waals surface area contributed by atoms with Crippen LogP contribution in [0.15, 0.2) is 48.5 Å². The number of rotatable bonds is 11. The summed E-state index contributed by atoms with van der Waals surface area (Å²) in [6, 6.07) is 14.1. The number of benzene rings is 2. The van der Waals surface area contributed by atoms with E-state index in [4.69, 9.17) is 23.2 Å². The highest BCUT2D eigenvalue weighted by Crippen LogP contribution is 2.55. The lowest BCUT2D eigenvalue weighted by molar-refractivity contribution is -0.162. The molecule has 7 nitrogen and oxygen atoms in total. The molecule has 3 fully saturated rings. The lowest BCUT2D eigenvalue weighted by Crippen LogP contribution is -2.59. The van der Waals surface area contributed by atoms with E-state index in [1.807, 2.05) is 42.2 Å². The summed E-state index contributed by atoms with van der Waals surface area (Å²) in [5, 5.41) is 10.7. The molecular weight excluding hydrogens is 583 g/mol. The Balaban J connectivity index is 1.63. The number of likely N-dealkylation sites (tertiary alicyclic amines) is 1. The van der Waals surface area contributed by atoms with E-state index in [9.17, 15) is 23.1 Å². The molecular formula is C31H38Cl2N2O5S. The molecule has 1 amide bonds. The highest BCUT2D eigenvalue weighted by molar-refractivity contribution is 7.90. The number of amides is 1. The standard InChI is InChI=1S/C31H38Cl2N2O5S/c1-2-31(18-28(36)37)17-26(22-6-5-7-24(33)16-22)29(21-12-14-23(32)15-13-21)35(30(31)38)27(20-10-11-20)19-34-41(39,40)25-8-3-4-9-25/h5-7,12-16,20,25-27,29,34H,2-4,8-11,17-19H2,1H3,(H,36,37)/t26?,27-,29?,31-/m1/s1. The van der Waals surface area contributed by atoms with Crippen molar-refractivity contribution in [3.05, 3.63) is 69.7 Å². The minimum atomic E-state index is -3.55. The van der Waals surface area contributed by atoms with Gasteiger partial charge in [0.1, 0.15) is 0 Å². The lowest BCUT2D eigenvalue weighted by atomic mass is 9.64. The van der Waals surface area contributed by atoms with Crippen molar-refractivity contribution < 1.29 is 23.1 Å². The molecule has 1 aliphatic heterocycles. The smallest absolute Gasteiger partial charge is 0.304 e. The number of carboxylic acid groups (broad SMARTS) is 1. The van der Waals surface area contributed by atoms with E-state index in [1.165, 1.54) is 0 Å². The average molecular weight is 622 g/mol. The normalized spacial score (nSPS) is 26.3. The van der Waals surface area contributed by atoms with Crippen molar-refractivity contribution >= 4 is 45.1 Å². The molecule has 2 N–H and O–H groups in total. The van der Waals surface area contributed by atoms with E-state index < -0.39 is 38.7 Å². The lowest BCUT2D eigenvalue weighted by Gasteiger charge is -2.53. The molecule has 0 bridgehead atoms. The number of nitrogens with one attached hydrogen (secondary N) is 1. The SMILES string of the molecule is CC[C@]1(CC(=O)O)CC(c2cccc(Cl)c2)C(c2ccc(Cl)cc2)N([C@H](CNS(=O)(=O)C2CCCC2)C2CC2)C1=O. The summed E-state index contributed by atoms with van der Waals surface area (Å²) in [4.78, 5) is 28.7. The van der Waals surface area contributed by atoms with E-state index >= 15 is 0 Å². The third-order valence-corrected chi connectivity index (χ3v) is 11.8. The molecule has 2 saturated carbocycles. The van der Waals surface area contributed by atoms with Crippen LogP contribution in [0.2, 0.25) is 10.0 Å². The summed E-state index contributed by atoms with van der Waals surface area (Å²) in [5.41, 5.74) is 0.649. The molecule has 41 heavy (non-hydrogen) atoms. The number of sulfonamides is 1. The zero-order valence-corrected chi connectivity index (χ0v) is 25.6. The molecule has 0 radical (unpaired) electrons. The molecule has 0 spiro atoms. The van der Waals surface area contributed by atoms with Crippen molar-refractivity contribution in [2.75, 3.05) is 6.54 Å². The van der Waals surface area contributed by atoms with Gasteiger partial charge in [-0.1, -0.05) is 67.2 Å². The largest absolute Gasteiger partial charge is 0.481 e. The Morgan fingerprint density at radius 2 is 1.73 bits per heavy atom. The number of piperidine rings is 1. The fourth-order valence-electron chi connectivity index (χ4n) is 7.01. The van der Waals surface area contributed by atoms with Crippen molar-refractivity contribution in [1.29, 1.82) is 0 Å². The Kier molecular flexibility index (Phi) is 9.05. The number of halogens is 2. The number of carbonyl (C=O) groups is 2. The van der Waals surface area contributed by atoms with Gasteiger partial charge < -0.3 is 10.0 Å². The zero-order valence-electron chi connectivity index (χ0n) is 23.3. The molecule has 5 rings (SSSR count). The fraction of sp³-hybridized carbons (Fsp3) is 0.548. The monoisotopic (exact) mass is 620 g/mol. The second-order valence-corrected chi connectivity index (χ2v) is 14.9.